The third-order valence-electron chi connectivity index (χ3n) is 3.21. The van der Waals surface area contributed by atoms with Crippen LogP contribution in [0.1, 0.15) is 43.3 Å². The van der Waals surface area contributed by atoms with Gasteiger partial charge in [-0.2, -0.15) is 5.26 Å². The summed E-state index contributed by atoms with van der Waals surface area (Å²) >= 11 is 1.74. The predicted octanol–water partition coefficient (Wildman–Crippen LogP) is 3.00. The molecule has 1 saturated heterocycles. The SMILES string of the molecule is CC(C)c1csc(CN2CCC[C@@H](C#N)C2)n1. The number of rotatable bonds is 3. The Balaban J connectivity index is 1.93. The number of aromatic nitrogens is 1. The molecule has 0 bridgehead atoms. The van der Waals surface area contributed by atoms with Crippen LogP contribution in [0, 0.1) is 17.2 Å². The molecule has 17 heavy (non-hydrogen) atoms. The fourth-order valence-corrected chi connectivity index (χ4v) is 3.16. The molecular weight excluding hydrogens is 230 g/mol. The summed E-state index contributed by atoms with van der Waals surface area (Å²) in [7, 11) is 0. The van der Waals surface area contributed by atoms with E-state index in [0.717, 1.165) is 32.5 Å². The molecule has 3 nitrogen and oxygen atoms in total. The molecule has 0 radical (unpaired) electrons. The van der Waals surface area contributed by atoms with Gasteiger partial charge in [0.05, 0.1) is 24.2 Å². The van der Waals surface area contributed by atoms with Gasteiger partial charge >= 0.3 is 0 Å². The van der Waals surface area contributed by atoms with Crippen LogP contribution in [0.4, 0.5) is 0 Å². The van der Waals surface area contributed by atoms with Crippen molar-refractivity contribution in [3.63, 3.8) is 0 Å². The molecule has 1 atom stereocenters. The van der Waals surface area contributed by atoms with E-state index in [1.807, 2.05) is 0 Å². The number of thiazole rings is 1. The van der Waals surface area contributed by atoms with E-state index in [1.165, 1.54) is 10.7 Å². The molecule has 0 aliphatic carbocycles. The van der Waals surface area contributed by atoms with Gasteiger partial charge < -0.3 is 0 Å². The van der Waals surface area contributed by atoms with Crippen molar-refractivity contribution in [2.45, 2.75) is 39.2 Å². The van der Waals surface area contributed by atoms with E-state index < -0.39 is 0 Å². The van der Waals surface area contributed by atoms with Crippen LogP contribution in [0.2, 0.25) is 0 Å². The fourth-order valence-electron chi connectivity index (χ4n) is 2.16. The van der Waals surface area contributed by atoms with Crippen molar-refractivity contribution in [1.82, 2.24) is 9.88 Å². The van der Waals surface area contributed by atoms with Crippen molar-refractivity contribution in [2.24, 2.45) is 5.92 Å². The standard InChI is InChI=1S/C13H19N3S/c1-10(2)12-9-17-13(15-12)8-16-5-3-4-11(6-14)7-16/h9-11H,3-5,7-8H2,1-2H3/t11-/m0/s1. The monoisotopic (exact) mass is 249 g/mol. The maximum Gasteiger partial charge on any atom is 0.107 e. The molecule has 2 rings (SSSR count). The Bertz CT molecular complexity index is 405. The van der Waals surface area contributed by atoms with Gasteiger partial charge in [-0.05, 0) is 25.3 Å². The molecule has 0 saturated carbocycles. The topological polar surface area (TPSA) is 39.9 Å². The molecule has 2 heterocycles. The number of hydrogen-bond acceptors (Lipinski definition) is 4. The summed E-state index contributed by atoms with van der Waals surface area (Å²) in [5.41, 5.74) is 1.19. The fraction of sp³-hybridized carbons (Fsp3) is 0.692. The van der Waals surface area contributed by atoms with Crippen LogP contribution in [-0.2, 0) is 6.54 Å². The molecule has 1 aliphatic rings. The molecule has 1 aromatic heterocycles. The van der Waals surface area contributed by atoms with Gasteiger partial charge in [-0.15, -0.1) is 11.3 Å². The van der Waals surface area contributed by atoms with Crippen LogP contribution in [-0.4, -0.2) is 23.0 Å². The van der Waals surface area contributed by atoms with Gasteiger partial charge in [-0.3, -0.25) is 4.90 Å². The molecule has 0 N–H and O–H groups in total. The Morgan fingerprint density at radius 2 is 2.47 bits per heavy atom. The summed E-state index contributed by atoms with van der Waals surface area (Å²) < 4.78 is 0. The highest BCUT2D eigenvalue weighted by atomic mass is 32.1. The molecule has 1 aromatic rings. The Morgan fingerprint density at radius 3 is 3.12 bits per heavy atom. The Hall–Kier alpha value is -0.920. The minimum Gasteiger partial charge on any atom is -0.295 e. The Kier molecular flexibility index (Phi) is 4.14. The lowest BCUT2D eigenvalue weighted by molar-refractivity contribution is 0.192. The summed E-state index contributed by atoms with van der Waals surface area (Å²) in [4.78, 5) is 7.01. The minimum absolute atomic E-state index is 0.216. The molecular formula is C13H19N3S. The van der Waals surface area contributed by atoms with Gasteiger partial charge in [0.1, 0.15) is 5.01 Å². The van der Waals surface area contributed by atoms with Crippen LogP contribution >= 0.6 is 11.3 Å². The summed E-state index contributed by atoms with van der Waals surface area (Å²) in [6, 6.07) is 2.38. The highest BCUT2D eigenvalue weighted by Crippen LogP contribution is 2.22. The molecule has 0 amide bonds. The third-order valence-corrected chi connectivity index (χ3v) is 4.06. The number of nitriles is 1. The van der Waals surface area contributed by atoms with Crippen molar-refractivity contribution in [3.8, 4) is 6.07 Å². The van der Waals surface area contributed by atoms with Gasteiger partial charge in [0.2, 0.25) is 0 Å². The maximum absolute atomic E-state index is 8.96. The lowest BCUT2D eigenvalue weighted by atomic mass is 10.00. The average molecular weight is 249 g/mol. The quantitative estimate of drug-likeness (QED) is 0.826. The van der Waals surface area contributed by atoms with E-state index in [4.69, 9.17) is 5.26 Å². The van der Waals surface area contributed by atoms with E-state index in [-0.39, 0.29) is 5.92 Å². The molecule has 1 aliphatic heterocycles. The van der Waals surface area contributed by atoms with Gasteiger partial charge in [-0.1, -0.05) is 13.8 Å². The van der Waals surface area contributed by atoms with E-state index in [9.17, 15) is 0 Å². The second-order valence-corrected chi connectivity index (χ2v) is 5.97. The number of piperidine rings is 1. The number of hydrogen-bond donors (Lipinski definition) is 0. The average Bonchev–Trinajstić information content (AvgIpc) is 2.78. The van der Waals surface area contributed by atoms with E-state index in [1.54, 1.807) is 11.3 Å². The zero-order valence-electron chi connectivity index (χ0n) is 10.5. The second kappa shape index (κ2) is 5.61. The minimum atomic E-state index is 0.216. The molecule has 4 heteroatoms. The maximum atomic E-state index is 8.96. The van der Waals surface area contributed by atoms with Crippen molar-refractivity contribution in [1.29, 1.82) is 5.26 Å². The van der Waals surface area contributed by atoms with Crippen LogP contribution in [0.3, 0.4) is 0 Å². The molecule has 0 aromatic carbocycles. The summed E-state index contributed by atoms with van der Waals surface area (Å²) in [5.74, 6) is 0.724. The predicted molar refractivity (Wildman–Crippen MR) is 69.8 cm³/mol. The highest BCUT2D eigenvalue weighted by Gasteiger charge is 2.20. The summed E-state index contributed by atoms with van der Waals surface area (Å²) in [6.45, 7) is 7.27. The largest absolute Gasteiger partial charge is 0.295 e. The first kappa shape index (κ1) is 12.5. The summed E-state index contributed by atoms with van der Waals surface area (Å²) in [5, 5.41) is 12.3. The summed E-state index contributed by atoms with van der Waals surface area (Å²) in [6.07, 6.45) is 2.20. The van der Waals surface area contributed by atoms with Crippen molar-refractivity contribution in [2.75, 3.05) is 13.1 Å². The van der Waals surface area contributed by atoms with Gasteiger partial charge in [0, 0.05) is 11.9 Å². The lowest BCUT2D eigenvalue weighted by Crippen LogP contribution is -2.34. The van der Waals surface area contributed by atoms with Crippen LogP contribution < -0.4 is 0 Å². The van der Waals surface area contributed by atoms with E-state index in [2.05, 4.69) is 35.2 Å². The van der Waals surface area contributed by atoms with Crippen LogP contribution in [0.15, 0.2) is 5.38 Å². The first-order chi connectivity index (χ1) is 8.19. The van der Waals surface area contributed by atoms with Gasteiger partial charge in [0.25, 0.3) is 0 Å². The van der Waals surface area contributed by atoms with Crippen molar-refractivity contribution < 1.29 is 0 Å². The smallest absolute Gasteiger partial charge is 0.107 e. The molecule has 1 fully saturated rings. The third kappa shape index (κ3) is 3.27. The zero-order valence-corrected chi connectivity index (χ0v) is 11.3. The van der Waals surface area contributed by atoms with Crippen LogP contribution in [0.25, 0.3) is 0 Å². The normalized spacial score (nSPS) is 21.6. The first-order valence-corrected chi connectivity index (χ1v) is 7.13. The van der Waals surface area contributed by atoms with Crippen LogP contribution in [0.5, 0.6) is 0 Å². The molecule has 0 unspecified atom stereocenters. The lowest BCUT2D eigenvalue weighted by Gasteiger charge is -2.28. The number of likely N-dealkylation sites (tertiary alicyclic amines) is 1. The second-order valence-electron chi connectivity index (χ2n) is 5.02. The number of nitrogens with zero attached hydrogens (tertiary/aromatic N) is 3. The molecule has 0 spiro atoms. The van der Waals surface area contributed by atoms with E-state index >= 15 is 0 Å². The van der Waals surface area contributed by atoms with E-state index in [0.29, 0.717) is 5.92 Å². The van der Waals surface area contributed by atoms with Gasteiger partial charge in [0.15, 0.2) is 0 Å². The van der Waals surface area contributed by atoms with Crippen molar-refractivity contribution >= 4 is 11.3 Å². The van der Waals surface area contributed by atoms with Crippen molar-refractivity contribution in [3.05, 3.63) is 16.1 Å². The highest BCUT2D eigenvalue weighted by molar-refractivity contribution is 7.09. The Labute approximate surface area is 107 Å². The molecule has 92 valence electrons. The first-order valence-electron chi connectivity index (χ1n) is 6.25. The van der Waals surface area contributed by atoms with Gasteiger partial charge in [-0.25, -0.2) is 4.98 Å². The Morgan fingerprint density at radius 1 is 1.65 bits per heavy atom. The zero-order chi connectivity index (χ0) is 12.3.